The number of aliphatic imine (C=N–C) groups is 1. The van der Waals surface area contributed by atoms with Gasteiger partial charge >= 0.3 is 0 Å². The highest BCUT2D eigenvalue weighted by Gasteiger charge is 2.31. The minimum absolute atomic E-state index is 0.238. The highest BCUT2D eigenvalue weighted by Crippen LogP contribution is 2.38. The molecular formula is C19H33N3OS. The molecule has 0 aromatic carbocycles. The van der Waals surface area contributed by atoms with Crippen LogP contribution in [0.15, 0.2) is 17.1 Å². The van der Waals surface area contributed by atoms with Crippen molar-refractivity contribution >= 4 is 17.3 Å². The zero-order valence-corrected chi connectivity index (χ0v) is 16.1. The number of hydrogen-bond acceptors (Lipinski definition) is 3. The fourth-order valence-electron chi connectivity index (χ4n) is 3.52. The predicted molar refractivity (Wildman–Crippen MR) is 104 cm³/mol. The Labute approximate surface area is 150 Å². The van der Waals surface area contributed by atoms with Crippen LogP contribution < -0.4 is 10.6 Å². The van der Waals surface area contributed by atoms with Crippen molar-refractivity contribution in [2.75, 3.05) is 19.7 Å². The van der Waals surface area contributed by atoms with Crippen LogP contribution in [0.3, 0.4) is 0 Å². The van der Waals surface area contributed by atoms with Crippen LogP contribution in [0.1, 0.15) is 62.1 Å². The van der Waals surface area contributed by atoms with E-state index in [9.17, 15) is 5.11 Å². The van der Waals surface area contributed by atoms with Crippen LogP contribution in [0.25, 0.3) is 0 Å². The van der Waals surface area contributed by atoms with E-state index in [2.05, 4.69) is 36.6 Å². The monoisotopic (exact) mass is 351 g/mol. The minimum atomic E-state index is 0.238. The molecule has 1 aliphatic rings. The van der Waals surface area contributed by atoms with Gasteiger partial charge in [0.15, 0.2) is 5.96 Å². The molecule has 136 valence electrons. The zero-order valence-electron chi connectivity index (χ0n) is 15.2. The van der Waals surface area contributed by atoms with Crippen molar-refractivity contribution in [3.05, 3.63) is 21.9 Å². The molecule has 1 fully saturated rings. The fourth-order valence-corrected chi connectivity index (χ4v) is 4.40. The lowest BCUT2D eigenvalue weighted by atomic mass is 9.72. The maximum absolute atomic E-state index is 9.46. The topological polar surface area (TPSA) is 56.7 Å². The minimum Gasteiger partial charge on any atom is -0.396 e. The van der Waals surface area contributed by atoms with E-state index in [-0.39, 0.29) is 12.0 Å². The molecule has 4 nitrogen and oxygen atoms in total. The molecule has 0 saturated heterocycles. The average molecular weight is 352 g/mol. The molecule has 0 unspecified atom stereocenters. The quantitative estimate of drug-likeness (QED) is 0.494. The van der Waals surface area contributed by atoms with Crippen molar-refractivity contribution < 1.29 is 5.11 Å². The van der Waals surface area contributed by atoms with E-state index in [4.69, 9.17) is 4.99 Å². The Kier molecular flexibility index (Phi) is 8.06. The molecule has 1 saturated carbocycles. The molecule has 3 N–H and O–H groups in total. The number of nitrogens with zero attached hydrogens (tertiary/aromatic N) is 1. The standard InChI is InChI=1S/C19H33N3OS/c1-3-16-8-9-17(24-16)14-21-18(20-4-2)22-15-19(12-13-23)10-6-5-7-11-19/h8-9,23H,3-7,10-15H2,1-2H3,(H2,20,21,22). The Bertz CT molecular complexity index is 501. The molecule has 0 amide bonds. The summed E-state index contributed by atoms with van der Waals surface area (Å²) in [7, 11) is 0. The van der Waals surface area contributed by atoms with Crippen molar-refractivity contribution in [1.29, 1.82) is 0 Å². The maximum atomic E-state index is 9.46. The molecule has 0 radical (unpaired) electrons. The van der Waals surface area contributed by atoms with E-state index in [1.807, 2.05) is 11.3 Å². The van der Waals surface area contributed by atoms with Gasteiger partial charge in [-0.25, -0.2) is 4.99 Å². The van der Waals surface area contributed by atoms with Gasteiger partial charge in [-0.05, 0) is 50.2 Å². The summed E-state index contributed by atoms with van der Waals surface area (Å²) in [6.45, 7) is 7.07. The van der Waals surface area contributed by atoms with E-state index in [0.29, 0.717) is 0 Å². The van der Waals surface area contributed by atoms with Crippen LogP contribution in [0.4, 0.5) is 0 Å². The molecule has 1 aromatic heterocycles. The van der Waals surface area contributed by atoms with Crippen LogP contribution >= 0.6 is 11.3 Å². The van der Waals surface area contributed by atoms with Gasteiger partial charge < -0.3 is 15.7 Å². The van der Waals surface area contributed by atoms with Crippen LogP contribution in [0.5, 0.6) is 0 Å². The van der Waals surface area contributed by atoms with Crippen molar-refractivity contribution in [3.8, 4) is 0 Å². The van der Waals surface area contributed by atoms with E-state index >= 15 is 0 Å². The lowest BCUT2D eigenvalue weighted by Gasteiger charge is -2.37. The molecule has 1 aromatic rings. The van der Waals surface area contributed by atoms with Gasteiger partial charge in [0.05, 0.1) is 6.54 Å². The number of thiophene rings is 1. The van der Waals surface area contributed by atoms with Crippen molar-refractivity contribution in [3.63, 3.8) is 0 Å². The van der Waals surface area contributed by atoms with Gasteiger partial charge in [-0.15, -0.1) is 11.3 Å². The molecule has 0 bridgehead atoms. The summed E-state index contributed by atoms with van der Waals surface area (Å²) in [5.41, 5.74) is 0.238. The first kappa shape index (κ1) is 19.3. The average Bonchev–Trinajstić information content (AvgIpc) is 3.07. The van der Waals surface area contributed by atoms with Crippen molar-refractivity contribution in [2.24, 2.45) is 10.4 Å². The number of nitrogens with one attached hydrogen (secondary N) is 2. The summed E-state index contributed by atoms with van der Waals surface area (Å²) >= 11 is 1.85. The Hall–Kier alpha value is -1.07. The second kappa shape index (κ2) is 10.0. The highest BCUT2D eigenvalue weighted by molar-refractivity contribution is 7.11. The molecule has 2 rings (SSSR count). The molecule has 1 aliphatic carbocycles. The Morgan fingerprint density at radius 1 is 1.17 bits per heavy atom. The van der Waals surface area contributed by atoms with E-state index < -0.39 is 0 Å². The first-order valence-corrected chi connectivity index (χ1v) is 10.2. The summed E-state index contributed by atoms with van der Waals surface area (Å²) < 4.78 is 0. The van der Waals surface area contributed by atoms with E-state index in [0.717, 1.165) is 38.4 Å². The Balaban J connectivity index is 1.94. The lowest BCUT2D eigenvalue weighted by molar-refractivity contribution is 0.131. The van der Waals surface area contributed by atoms with Gasteiger partial charge in [-0.1, -0.05) is 26.2 Å². The molecular weight excluding hydrogens is 318 g/mol. The number of hydrogen-bond donors (Lipinski definition) is 3. The van der Waals surface area contributed by atoms with Crippen LogP contribution in [0.2, 0.25) is 0 Å². The number of aryl methyl sites for hydroxylation is 1. The van der Waals surface area contributed by atoms with Crippen molar-refractivity contribution in [2.45, 2.75) is 65.3 Å². The molecule has 0 aliphatic heterocycles. The normalized spacial score (nSPS) is 17.7. The SMILES string of the molecule is CCNC(=NCc1ccc(CC)s1)NCC1(CCO)CCCCC1. The Morgan fingerprint density at radius 2 is 1.92 bits per heavy atom. The van der Waals surface area contributed by atoms with E-state index in [1.54, 1.807) is 0 Å². The first-order chi connectivity index (χ1) is 11.7. The summed E-state index contributed by atoms with van der Waals surface area (Å²) in [6, 6.07) is 4.39. The lowest BCUT2D eigenvalue weighted by Crippen LogP contribution is -2.44. The van der Waals surface area contributed by atoms with Gasteiger partial charge in [-0.3, -0.25) is 0 Å². The third kappa shape index (κ3) is 5.78. The van der Waals surface area contributed by atoms with Gasteiger partial charge in [0.25, 0.3) is 0 Å². The molecule has 0 spiro atoms. The van der Waals surface area contributed by atoms with Gasteiger partial charge in [0.2, 0.25) is 0 Å². The van der Waals surface area contributed by atoms with Gasteiger partial charge in [-0.2, -0.15) is 0 Å². The number of aliphatic hydroxyl groups excluding tert-OH is 1. The zero-order chi connectivity index (χ0) is 17.3. The van der Waals surface area contributed by atoms with E-state index in [1.165, 1.54) is 41.9 Å². The summed E-state index contributed by atoms with van der Waals surface area (Å²) in [5, 5.41) is 16.4. The van der Waals surface area contributed by atoms with Gasteiger partial charge in [0.1, 0.15) is 0 Å². The largest absolute Gasteiger partial charge is 0.396 e. The number of guanidine groups is 1. The Morgan fingerprint density at radius 3 is 2.54 bits per heavy atom. The highest BCUT2D eigenvalue weighted by atomic mass is 32.1. The predicted octanol–water partition coefficient (Wildman–Crippen LogP) is 3.70. The first-order valence-electron chi connectivity index (χ1n) is 9.42. The summed E-state index contributed by atoms with van der Waals surface area (Å²) in [6.07, 6.45) is 8.31. The molecule has 0 atom stereocenters. The second-order valence-electron chi connectivity index (χ2n) is 6.80. The summed E-state index contributed by atoms with van der Waals surface area (Å²) in [4.78, 5) is 7.48. The van der Waals surface area contributed by atoms with Gasteiger partial charge in [0, 0.05) is 29.5 Å². The van der Waals surface area contributed by atoms with Crippen LogP contribution in [-0.2, 0) is 13.0 Å². The molecule has 24 heavy (non-hydrogen) atoms. The van der Waals surface area contributed by atoms with Crippen LogP contribution in [-0.4, -0.2) is 30.8 Å². The van der Waals surface area contributed by atoms with Crippen LogP contribution in [0, 0.1) is 5.41 Å². The third-order valence-electron chi connectivity index (χ3n) is 4.99. The fraction of sp³-hybridized carbons (Fsp3) is 0.737. The number of aliphatic hydroxyl groups is 1. The number of rotatable bonds is 8. The molecule has 5 heteroatoms. The smallest absolute Gasteiger partial charge is 0.191 e. The molecule has 1 heterocycles. The second-order valence-corrected chi connectivity index (χ2v) is 8.06. The van der Waals surface area contributed by atoms with Crippen molar-refractivity contribution in [1.82, 2.24) is 10.6 Å². The summed E-state index contributed by atoms with van der Waals surface area (Å²) in [5.74, 6) is 0.895. The third-order valence-corrected chi connectivity index (χ3v) is 6.20. The maximum Gasteiger partial charge on any atom is 0.191 e.